The molecule has 12 rings (SSSR count). The Morgan fingerprint density at radius 1 is 0.356 bits per heavy atom. The van der Waals surface area contributed by atoms with E-state index in [2.05, 4.69) is 217 Å². The normalized spacial score (nSPS) is 11.7. The predicted octanol–water partition coefficient (Wildman–Crippen LogP) is 16.7. The van der Waals surface area contributed by atoms with E-state index in [1.807, 2.05) is 11.3 Å². The summed E-state index contributed by atoms with van der Waals surface area (Å²) in [6.45, 7) is 0. The van der Waals surface area contributed by atoms with E-state index < -0.39 is 0 Å². The molecule has 0 spiro atoms. The molecule has 0 atom stereocenters. The number of hydrogen-bond acceptors (Lipinski definition) is 3. The first-order valence-electron chi connectivity index (χ1n) is 20.1. The molecule has 2 nitrogen and oxygen atoms in total. The van der Waals surface area contributed by atoms with Crippen molar-refractivity contribution in [3.63, 3.8) is 0 Å². The molecule has 0 saturated carbocycles. The molecule has 10 aromatic carbocycles. The van der Waals surface area contributed by atoms with Crippen molar-refractivity contribution in [1.82, 2.24) is 0 Å². The second kappa shape index (κ2) is 13.6. The van der Waals surface area contributed by atoms with Crippen molar-refractivity contribution in [2.75, 3.05) is 4.90 Å². The molecule has 0 N–H and O–H groups in total. The molecular weight excluding hydrogens is 735 g/mol. The van der Waals surface area contributed by atoms with Crippen LogP contribution in [-0.2, 0) is 0 Å². The van der Waals surface area contributed by atoms with Crippen molar-refractivity contribution in [1.29, 1.82) is 0 Å². The minimum absolute atomic E-state index is 0.891. The third-order valence-corrected chi connectivity index (χ3v) is 13.0. The van der Waals surface area contributed by atoms with Gasteiger partial charge < -0.3 is 9.32 Å². The molecule has 59 heavy (non-hydrogen) atoms. The molecule has 0 unspecified atom stereocenters. The Morgan fingerprint density at radius 2 is 0.983 bits per heavy atom. The van der Waals surface area contributed by atoms with Crippen LogP contribution in [0.3, 0.4) is 0 Å². The Kier molecular flexibility index (Phi) is 7.75. The highest BCUT2D eigenvalue weighted by molar-refractivity contribution is 7.26. The van der Waals surface area contributed by atoms with Crippen LogP contribution >= 0.6 is 11.3 Å². The average molecular weight is 770 g/mol. The zero-order valence-electron chi connectivity index (χ0n) is 32.0. The summed E-state index contributed by atoms with van der Waals surface area (Å²) >= 11 is 1.87. The number of furan rings is 1. The summed E-state index contributed by atoms with van der Waals surface area (Å²) in [5.41, 5.74) is 12.0. The quantitative estimate of drug-likeness (QED) is 0.167. The highest BCUT2D eigenvalue weighted by Gasteiger charge is 2.21. The van der Waals surface area contributed by atoms with E-state index in [0.717, 1.165) is 55.7 Å². The lowest BCUT2D eigenvalue weighted by atomic mass is 9.97. The van der Waals surface area contributed by atoms with Gasteiger partial charge in [0.1, 0.15) is 11.2 Å². The molecule has 0 aliphatic heterocycles. The Morgan fingerprint density at radius 3 is 1.85 bits per heavy atom. The third kappa shape index (κ3) is 5.62. The minimum Gasteiger partial charge on any atom is -0.455 e. The van der Waals surface area contributed by atoms with Gasteiger partial charge in [0.25, 0.3) is 0 Å². The average Bonchev–Trinajstić information content (AvgIpc) is 3.87. The summed E-state index contributed by atoms with van der Waals surface area (Å²) in [6, 6.07) is 77.0. The van der Waals surface area contributed by atoms with Crippen molar-refractivity contribution < 1.29 is 4.42 Å². The molecule has 0 aliphatic rings. The summed E-state index contributed by atoms with van der Waals surface area (Å²) < 4.78 is 9.44. The van der Waals surface area contributed by atoms with E-state index in [9.17, 15) is 0 Å². The van der Waals surface area contributed by atoms with Gasteiger partial charge in [-0.2, -0.15) is 0 Å². The first-order chi connectivity index (χ1) is 29.2. The van der Waals surface area contributed by atoms with E-state index >= 15 is 0 Å². The highest BCUT2D eigenvalue weighted by Crippen LogP contribution is 2.46. The molecule has 12 aromatic rings. The number of benzene rings is 10. The lowest BCUT2D eigenvalue weighted by Crippen LogP contribution is -2.11. The van der Waals surface area contributed by atoms with Crippen LogP contribution in [0.1, 0.15) is 0 Å². The number of nitrogens with zero attached hydrogens (tertiary/aromatic N) is 1. The Balaban J connectivity index is 1.04. The minimum atomic E-state index is 0.891. The van der Waals surface area contributed by atoms with E-state index in [1.165, 1.54) is 58.4 Å². The smallest absolute Gasteiger partial charge is 0.143 e. The van der Waals surface area contributed by atoms with Crippen LogP contribution in [0.25, 0.3) is 97.0 Å². The summed E-state index contributed by atoms with van der Waals surface area (Å²) in [7, 11) is 0. The van der Waals surface area contributed by atoms with Crippen molar-refractivity contribution in [3.8, 4) is 33.4 Å². The number of para-hydroxylation sites is 2. The monoisotopic (exact) mass is 769 g/mol. The first-order valence-corrected chi connectivity index (χ1v) is 20.9. The van der Waals surface area contributed by atoms with Crippen LogP contribution in [-0.4, -0.2) is 0 Å². The van der Waals surface area contributed by atoms with Crippen molar-refractivity contribution in [2.24, 2.45) is 0 Å². The van der Waals surface area contributed by atoms with Crippen molar-refractivity contribution >= 4 is 92.1 Å². The largest absolute Gasteiger partial charge is 0.455 e. The maximum atomic E-state index is 6.81. The molecule has 0 bridgehead atoms. The Hall–Kier alpha value is -7.46. The molecule has 0 fully saturated rings. The fourth-order valence-electron chi connectivity index (χ4n) is 8.98. The lowest BCUT2D eigenvalue weighted by Gasteiger charge is -2.28. The van der Waals surface area contributed by atoms with Gasteiger partial charge in [0.15, 0.2) is 0 Å². The van der Waals surface area contributed by atoms with Gasteiger partial charge in [0.05, 0.1) is 5.69 Å². The van der Waals surface area contributed by atoms with Crippen molar-refractivity contribution in [3.05, 3.63) is 212 Å². The molecule has 0 amide bonds. The van der Waals surface area contributed by atoms with Gasteiger partial charge in [-0.1, -0.05) is 158 Å². The fraction of sp³-hybridized carbons (Fsp3) is 0. The van der Waals surface area contributed by atoms with E-state index in [4.69, 9.17) is 4.42 Å². The molecule has 0 aliphatic carbocycles. The number of anilines is 3. The first kappa shape index (κ1) is 33.7. The number of rotatable bonds is 6. The summed E-state index contributed by atoms with van der Waals surface area (Å²) in [5.74, 6) is 0. The van der Waals surface area contributed by atoms with Gasteiger partial charge in [-0.05, 0) is 98.4 Å². The van der Waals surface area contributed by atoms with E-state index in [-0.39, 0.29) is 0 Å². The Bertz CT molecular complexity index is 3570. The van der Waals surface area contributed by atoms with Gasteiger partial charge in [-0.15, -0.1) is 11.3 Å². The van der Waals surface area contributed by atoms with Crippen LogP contribution in [0.5, 0.6) is 0 Å². The van der Waals surface area contributed by atoms with Crippen LogP contribution in [0.2, 0.25) is 0 Å². The zero-order chi connectivity index (χ0) is 38.9. The highest BCUT2D eigenvalue weighted by atomic mass is 32.1. The summed E-state index contributed by atoms with van der Waals surface area (Å²) in [6.07, 6.45) is 0. The van der Waals surface area contributed by atoms with Crippen LogP contribution in [0, 0.1) is 0 Å². The third-order valence-electron chi connectivity index (χ3n) is 11.8. The molecule has 0 radical (unpaired) electrons. The molecule has 2 aromatic heterocycles. The number of thiophene rings is 1. The molecule has 3 heteroatoms. The SMILES string of the molecule is c1cc(-c2ccc3ccccc3c2)cc(N(c2ccc(-c3cccc4c3sc3ccccc34)cc2)c2ccccc2-c2cccc3c2oc2cc4ccccc4cc23)c1. The maximum absolute atomic E-state index is 6.81. The summed E-state index contributed by atoms with van der Waals surface area (Å²) in [4.78, 5) is 2.40. The fourth-order valence-corrected chi connectivity index (χ4v) is 10.2. The predicted molar refractivity (Wildman–Crippen MR) is 253 cm³/mol. The van der Waals surface area contributed by atoms with Crippen LogP contribution in [0.4, 0.5) is 17.1 Å². The molecule has 276 valence electrons. The standard InChI is InChI=1S/C56H35NOS/c1-2-13-38-32-42(27-26-36(38)12-1)39-16-9-17-44(33-39)57(43-30-28-37(29-31-43)45-20-10-23-50-47-19-6-8-25-54(47)59-56(45)50)52-24-7-5-18-46(52)48-21-11-22-49-51-34-40-14-3-4-15-41(40)35-53(51)58-55(48)49/h1-35H. The second-order valence-corrected chi connectivity index (χ2v) is 16.3. The molecular formula is C56H35NOS. The number of hydrogen-bond donors (Lipinski definition) is 0. The van der Waals surface area contributed by atoms with Gasteiger partial charge in [0, 0.05) is 53.4 Å². The van der Waals surface area contributed by atoms with Gasteiger partial charge in [-0.25, -0.2) is 0 Å². The van der Waals surface area contributed by atoms with Gasteiger partial charge in [0.2, 0.25) is 0 Å². The Labute approximate surface area is 345 Å². The second-order valence-electron chi connectivity index (χ2n) is 15.3. The molecule has 2 heterocycles. The van der Waals surface area contributed by atoms with E-state index in [0.29, 0.717) is 0 Å². The van der Waals surface area contributed by atoms with Gasteiger partial charge >= 0.3 is 0 Å². The number of fused-ring (bicyclic) bond motifs is 8. The topological polar surface area (TPSA) is 16.4 Å². The van der Waals surface area contributed by atoms with Crippen LogP contribution in [0.15, 0.2) is 217 Å². The van der Waals surface area contributed by atoms with E-state index in [1.54, 1.807) is 0 Å². The van der Waals surface area contributed by atoms with Gasteiger partial charge in [-0.3, -0.25) is 0 Å². The van der Waals surface area contributed by atoms with Crippen LogP contribution < -0.4 is 4.90 Å². The van der Waals surface area contributed by atoms with Crippen molar-refractivity contribution in [2.45, 2.75) is 0 Å². The summed E-state index contributed by atoms with van der Waals surface area (Å²) in [5, 5.41) is 9.71. The lowest BCUT2D eigenvalue weighted by molar-refractivity contribution is 0.670. The zero-order valence-corrected chi connectivity index (χ0v) is 32.8. The maximum Gasteiger partial charge on any atom is 0.143 e. The molecule has 0 saturated heterocycles.